The number of aromatic nitrogens is 3. The molecule has 0 amide bonds. The topological polar surface area (TPSA) is 111 Å². The van der Waals surface area contributed by atoms with E-state index in [9.17, 15) is 4.79 Å². The Labute approximate surface area is 108 Å². The van der Waals surface area contributed by atoms with E-state index in [4.69, 9.17) is 11.5 Å². The second-order valence-corrected chi connectivity index (χ2v) is 4.80. The highest BCUT2D eigenvalue weighted by molar-refractivity contribution is 7.99. The second-order valence-electron chi connectivity index (χ2n) is 3.79. The number of hydrogen-bond donors (Lipinski definition) is 3. The van der Waals surface area contributed by atoms with Gasteiger partial charge in [0.2, 0.25) is 0 Å². The number of aromatic amines is 1. The third kappa shape index (κ3) is 3.08. The van der Waals surface area contributed by atoms with E-state index >= 15 is 0 Å². The van der Waals surface area contributed by atoms with E-state index in [2.05, 4.69) is 15.0 Å². The molecular formula is C11H13N5OS. The molecule has 1 atom stereocenters. The van der Waals surface area contributed by atoms with E-state index in [1.165, 1.54) is 17.8 Å². The van der Waals surface area contributed by atoms with Crippen LogP contribution in [-0.4, -0.2) is 15.0 Å². The van der Waals surface area contributed by atoms with Gasteiger partial charge in [-0.25, -0.2) is 9.97 Å². The zero-order chi connectivity index (χ0) is 13.1. The first-order chi connectivity index (χ1) is 8.54. The SMILES string of the molecule is CC(N)c1ccnc(Sc2nc(N)cc(=O)[nH]2)c1. The van der Waals surface area contributed by atoms with Gasteiger partial charge in [-0.1, -0.05) is 0 Å². The van der Waals surface area contributed by atoms with Crippen LogP contribution >= 0.6 is 11.8 Å². The van der Waals surface area contributed by atoms with Crippen LogP contribution in [0, 0.1) is 0 Å². The molecule has 0 aliphatic carbocycles. The Morgan fingerprint density at radius 2 is 2.22 bits per heavy atom. The number of nitrogens with zero attached hydrogens (tertiary/aromatic N) is 2. The molecule has 2 aromatic rings. The summed E-state index contributed by atoms with van der Waals surface area (Å²) in [6, 6.07) is 4.87. The molecule has 7 heteroatoms. The maximum absolute atomic E-state index is 11.2. The molecule has 0 aromatic carbocycles. The summed E-state index contributed by atoms with van der Waals surface area (Å²) < 4.78 is 0. The molecule has 94 valence electrons. The van der Waals surface area contributed by atoms with Crippen molar-refractivity contribution in [2.75, 3.05) is 5.73 Å². The smallest absolute Gasteiger partial charge is 0.253 e. The lowest BCUT2D eigenvalue weighted by Gasteiger charge is -2.06. The normalized spacial score (nSPS) is 12.3. The molecule has 0 saturated carbocycles. The zero-order valence-electron chi connectivity index (χ0n) is 9.75. The van der Waals surface area contributed by atoms with Crippen LogP contribution in [0.3, 0.4) is 0 Å². The number of pyridine rings is 1. The number of nitrogen functional groups attached to an aromatic ring is 1. The van der Waals surface area contributed by atoms with Gasteiger partial charge in [-0.15, -0.1) is 0 Å². The maximum Gasteiger partial charge on any atom is 0.253 e. The third-order valence-electron chi connectivity index (χ3n) is 2.23. The molecule has 2 rings (SSSR count). The van der Waals surface area contributed by atoms with E-state index in [0.29, 0.717) is 10.2 Å². The predicted molar refractivity (Wildman–Crippen MR) is 70.2 cm³/mol. The quantitative estimate of drug-likeness (QED) is 0.710. The summed E-state index contributed by atoms with van der Waals surface area (Å²) in [5.41, 5.74) is 12.0. The first-order valence-corrected chi connectivity index (χ1v) is 6.12. The third-order valence-corrected chi connectivity index (χ3v) is 3.04. The summed E-state index contributed by atoms with van der Waals surface area (Å²) in [6.07, 6.45) is 1.67. The highest BCUT2D eigenvalue weighted by atomic mass is 32.2. The summed E-state index contributed by atoms with van der Waals surface area (Å²) in [5.74, 6) is 0.185. The van der Waals surface area contributed by atoms with Gasteiger partial charge < -0.3 is 16.5 Å². The number of nitrogens with one attached hydrogen (secondary N) is 1. The minimum absolute atomic E-state index is 0.0693. The van der Waals surface area contributed by atoms with Gasteiger partial charge in [0.25, 0.3) is 5.56 Å². The molecule has 0 aliphatic heterocycles. The molecule has 0 saturated heterocycles. The van der Waals surface area contributed by atoms with Crippen molar-refractivity contribution in [1.29, 1.82) is 0 Å². The van der Waals surface area contributed by atoms with Gasteiger partial charge in [0, 0.05) is 18.3 Å². The Kier molecular flexibility index (Phi) is 3.63. The van der Waals surface area contributed by atoms with Crippen molar-refractivity contribution in [3.63, 3.8) is 0 Å². The largest absolute Gasteiger partial charge is 0.383 e. The molecule has 0 radical (unpaired) electrons. The van der Waals surface area contributed by atoms with Gasteiger partial charge in [-0.3, -0.25) is 4.79 Å². The molecule has 6 nitrogen and oxygen atoms in total. The van der Waals surface area contributed by atoms with Crippen molar-refractivity contribution >= 4 is 17.6 Å². The van der Waals surface area contributed by atoms with E-state index in [0.717, 1.165) is 5.56 Å². The molecule has 0 bridgehead atoms. The molecule has 1 unspecified atom stereocenters. The standard InChI is InChI=1S/C11H13N5OS/c1-6(12)7-2-3-14-10(4-7)18-11-15-8(13)5-9(17)16-11/h2-6H,12H2,1H3,(H3,13,15,16,17). The average Bonchev–Trinajstić information content (AvgIpc) is 2.27. The molecule has 2 aromatic heterocycles. The number of hydrogen-bond acceptors (Lipinski definition) is 6. The molecular weight excluding hydrogens is 250 g/mol. The van der Waals surface area contributed by atoms with Crippen LogP contribution in [0.15, 0.2) is 39.4 Å². The van der Waals surface area contributed by atoms with Gasteiger partial charge in [0.15, 0.2) is 5.16 Å². The fraction of sp³-hybridized carbons (Fsp3) is 0.182. The monoisotopic (exact) mass is 263 g/mol. The fourth-order valence-electron chi connectivity index (χ4n) is 1.36. The van der Waals surface area contributed by atoms with Crippen LogP contribution in [0.4, 0.5) is 5.82 Å². The van der Waals surface area contributed by atoms with E-state index < -0.39 is 0 Å². The lowest BCUT2D eigenvalue weighted by Crippen LogP contribution is -2.09. The van der Waals surface area contributed by atoms with Gasteiger partial charge >= 0.3 is 0 Å². The zero-order valence-corrected chi connectivity index (χ0v) is 10.6. The van der Waals surface area contributed by atoms with Crippen LogP contribution in [0.2, 0.25) is 0 Å². The van der Waals surface area contributed by atoms with Crippen LogP contribution in [0.25, 0.3) is 0 Å². The first kappa shape index (κ1) is 12.6. The Morgan fingerprint density at radius 3 is 2.89 bits per heavy atom. The van der Waals surface area contributed by atoms with Crippen LogP contribution < -0.4 is 17.0 Å². The van der Waals surface area contributed by atoms with Gasteiger partial charge in [-0.2, -0.15) is 0 Å². The summed E-state index contributed by atoms with van der Waals surface area (Å²) in [4.78, 5) is 22.0. The molecule has 2 heterocycles. The van der Waals surface area contributed by atoms with Crippen molar-refractivity contribution in [2.45, 2.75) is 23.1 Å². The molecule has 0 fully saturated rings. The molecule has 0 aliphatic rings. The Balaban J connectivity index is 2.28. The lowest BCUT2D eigenvalue weighted by molar-refractivity contribution is 0.807. The van der Waals surface area contributed by atoms with Crippen LogP contribution in [0.5, 0.6) is 0 Å². The number of anilines is 1. The van der Waals surface area contributed by atoms with Crippen LogP contribution in [0.1, 0.15) is 18.5 Å². The number of nitrogens with two attached hydrogens (primary N) is 2. The summed E-state index contributed by atoms with van der Waals surface area (Å²) in [5, 5.41) is 1.12. The van der Waals surface area contributed by atoms with Gasteiger partial charge in [0.05, 0.1) is 0 Å². The van der Waals surface area contributed by atoms with Crippen molar-refractivity contribution < 1.29 is 0 Å². The van der Waals surface area contributed by atoms with Crippen molar-refractivity contribution in [3.05, 3.63) is 40.3 Å². The predicted octanol–water partition coefficient (Wildman–Crippen LogP) is 0.918. The molecule has 0 spiro atoms. The Morgan fingerprint density at radius 1 is 1.44 bits per heavy atom. The number of H-pyrrole nitrogens is 1. The highest BCUT2D eigenvalue weighted by Gasteiger charge is 2.05. The minimum Gasteiger partial charge on any atom is -0.383 e. The molecule has 5 N–H and O–H groups in total. The maximum atomic E-state index is 11.2. The van der Waals surface area contributed by atoms with Gasteiger partial charge in [0.1, 0.15) is 10.8 Å². The van der Waals surface area contributed by atoms with Crippen molar-refractivity contribution in [3.8, 4) is 0 Å². The van der Waals surface area contributed by atoms with Crippen LogP contribution in [-0.2, 0) is 0 Å². The lowest BCUT2D eigenvalue weighted by atomic mass is 10.1. The minimum atomic E-state index is -0.284. The van der Waals surface area contributed by atoms with E-state index in [1.54, 1.807) is 6.20 Å². The Hall–Kier alpha value is -1.86. The van der Waals surface area contributed by atoms with Crippen molar-refractivity contribution in [1.82, 2.24) is 15.0 Å². The second kappa shape index (κ2) is 5.19. The molecule has 18 heavy (non-hydrogen) atoms. The summed E-state index contributed by atoms with van der Waals surface area (Å²) in [6.45, 7) is 1.89. The highest BCUT2D eigenvalue weighted by Crippen LogP contribution is 2.24. The fourth-order valence-corrected chi connectivity index (χ4v) is 2.17. The Bertz CT molecular complexity index is 610. The van der Waals surface area contributed by atoms with Gasteiger partial charge in [-0.05, 0) is 36.4 Å². The summed E-state index contributed by atoms with van der Waals surface area (Å²) in [7, 11) is 0. The van der Waals surface area contributed by atoms with E-state index in [-0.39, 0.29) is 17.4 Å². The average molecular weight is 263 g/mol. The first-order valence-electron chi connectivity index (χ1n) is 5.31. The summed E-state index contributed by atoms with van der Waals surface area (Å²) >= 11 is 1.23. The number of rotatable bonds is 3. The van der Waals surface area contributed by atoms with Crippen molar-refractivity contribution in [2.24, 2.45) is 5.73 Å². The van der Waals surface area contributed by atoms with E-state index in [1.807, 2.05) is 19.1 Å².